The van der Waals surface area contributed by atoms with Crippen LogP contribution in [0.25, 0.3) is 0 Å². The van der Waals surface area contributed by atoms with E-state index in [2.05, 4.69) is 0 Å². The number of hydrogen-bond acceptors (Lipinski definition) is 5. The summed E-state index contributed by atoms with van der Waals surface area (Å²) < 4.78 is 40.2. The third-order valence-corrected chi connectivity index (χ3v) is 3.80. The van der Waals surface area contributed by atoms with Crippen molar-refractivity contribution in [1.82, 2.24) is 0 Å². The highest BCUT2D eigenvalue weighted by Crippen LogP contribution is 2.40. The minimum atomic E-state index is -4.14. The zero-order valence-corrected chi connectivity index (χ0v) is 8.02. The van der Waals surface area contributed by atoms with E-state index < -0.39 is 10.1 Å². The van der Waals surface area contributed by atoms with Gasteiger partial charge in [-0.3, -0.25) is 4.55 Å². The van der Waals surface area contributed by atoms with Gasteiger partial charge < -0.3 is 9.47 Å². The zero-order valence-electron chi connectivity index (χ0n) is 6.39. The fraction of sp³-hybridized carbons (Fsp3) is 0.333. The van der Waals surface area contributed by atoms with Gasteiger partial charge in [0.1, 0.15) is 13.2 Å². The van der Waals surface area contributed by atoms with E-state index in [9.17, 15) is 8.42 Å². The lowest BCUT2D eigenvalue weighted by Gasteiger charge is -2.12. The molecule has 0 saturated heterocycles. The average Bonchev–Trinajstić information content (AvgIpc) is 2.45. The molecule has 2 heterocycles. The Morgan fingerprint density at radius 3 is 2.69 bits per heavy atom. The van der Waals surface area contributed by atoms with Gasteiger partial charge in [0.25, 0.3) is 0 Å². The Bertz CT molecular complexity index is 395. The lowest BCUT2D eigenvalue weighted by Crippen LogP contribution is -2.13. The lowest BCUT2D eigenvalue weighted by molar-refractivity contribution is 0.178. The van der Waals surface area contributed by atoms with Crippen molar-refractivity contribution in [2.45, 2.75) is 4.21 Å². The number of ether oxygens (including phenoxy) is 2. The van der Waals surface area contributed by atoms with E-state index in [0.29, 0.717) is 24.0 Å². The molecule has 0 saturated carbocycles. The molecular formula is C6H6O5S2. The highest BCUT2D eigenvalue weighted by Gasteiger charge is 2.22. The Kier molecular flexibility index (Phi) is 1.94. The SMILES string of the molecule is O=S(=O)(O)c1cc2c(s1)OCCO2. The molecule has 0 unspecified atom stereocenters. The fourth-order valence-corrected chi connectivity index (χ4v) is 2.57. The van der Waals surface area contributed by atoms with Crippen molar-refractivity contribution in [3.8, 4) is 10.8 Å². The fourth-order valence-electron chi connectivity index (χ4n) is 0.951. The largest absolute Gasteiger partial charge is 0.485 e. The summed E-state index contributed by atoms with van der Waals surface area (Å²) in [4.78, 5) is 0. The van der Waals surface area contributed by atoms with E-state index in [4.69, 9.17) is 14.0 Å². The summed E-state index contributed by atoms with van der Waals surface area (Å²) in [6.07, 6.45) is 0. The standard InChI is InChI=1S/C6H6O5S2/c7-13(8,9)5-3-4-6(12-5)11-2-1-10-4/h3H,1-2H2,(H,7,8,9). The summed E-state index contributed by atoms with van der Waals surface area (Å²) in [7, 11) is -4.14. The molecule has 2 rings (SSSR count). The maximum Gasteiger partial charge on any atom is 0.304 e. The molecule has 0 fully saturated rings. The smallest absolute Gasteiger partial charge is 0.304 e. The van der Waals surface area contributed by atoms with Gasteiger partial charge in [-0.05, 0) is 0 Å². The predicted octanol–water partition coefficient (Wildman–Crippen LogP) is 0.766. The van der Waals surface area contributed by atoms with Crippen molar-refractivity contribution >= 4 is 21.5 Å². The molecule has 1 aromatic heterocycles. The molecule has 0 bridgehead atoms. The van der Waals surface area contributed by atoms with E-state index in [1.807, 2.05) is 0 Å². The molecule has 0 aliphatic carbocycles. The van der Waals surface area contributed by atoms with Crippen molar-refractivity contribution in [2.75, 3.05) is 13.2 Å². The topological polar surface area (TPSA) is 72.8 Å². The molecule has 0 aromatic carbocycles. The highest BCUT2D eigenvalue weighted by atomic mass is 32.3. The third kappa shape index (κ3) is 1.62. The summed E-state index contributed by atoms with van der Waals surface area (Å²) >= 11 is 0.857. The first kappa shape index (κ1) is 8.79. The quantitative estimate of drug-likeness (QED) is 0.710. The first-order valence-corrected chi connectivity index (χ1v) is 5.70. The highest BCUT2D eigenvalue weighted by molar-refractivity contribution is 7.88. The summed E-state index contributed by atoms with van der Waals surface area (Å²) in [5.41, 5.74) is 0. The zero-order chi connectivity index (χ0) is 9.47. The van der Waals surface area contributed by atoms with Crippen molar-refractivity contribution in [3.05, 3.63) is 6.07 Å². The van der Waals surface area contributed by atoms with Gasteiger partial charge in [-0.25, -0.2) is 0 Å². The maximum absolute atomic E-state index is 10.7. The molecule has 72 valence electrons. The second-order valence-electron chi connectivity index (χ2n) is 2.39. The van der Waals surface area contributed by atoms with Crippen molar-refractivity contribution in [3.63, 3.8) is 0 Å². The number of rotatable bonds is 1. The molecule has 1 aromatic rings. The van der Waals surface area contributed by atoms with Gasteiger partial charge in [-0.2, -0.15) is 8.42 Å². The summed E-state index contributed by atoms with van der Waals surface area (Å²) in [5, 5.41) is 0.402. The Hall–Kier alpha value is -0.790. The van der Waals surface area contributed by atoms with Crippen LogP contribution in [-0.2, 0) is 10.1 Å². The van der Waals surface area contributed by atoms with Crippen LogP contribution in [0.3, 0.4) is 0 Å². The lowest BCUT2D eigenvalue weighted by atomic mass is 10.5. The monoisotopic (exact) mass is 222 g/mol. The van der Waals surface area contributed by atoms with E-state index in [-0.39, 0.29) is 4.21 Å². The van der Waals surface area contributed by atoms with Crippen LogP contribution in [0.5, 0.6) is 10.8 Å². The second-order valence-corrected chi connectivity index (χ2v) is 5.05. The Labute approximate surface area is 78.7 Å². The van der Waals surface area contributed by atoms with E-state index in [0.717, 1.165) is 11.3 Å². The molecule has 7 heteroatoms. The van der Waals surface area contributed by atoms with E-state index in [1.165, 1.54) is 6.07 Å². The average molecular weight is 222 g/mol. The van der Waals surface area contributed by atoms with Gasteiger partial charge in [-0.15, -0.1) is 0 Å². The molecule has 0 amide bonds. The van der Waals surface area contributed by atoms with Gasteiger partial charge >= 0.3 is 10.1 Å². The van der Waals surface area contributed by atoms with Crippen LogP contribution < -0.4 is 9.47 Å². The van der Waals surface area contributed by atoms with Crippen LogP contribution in [0, 0.1) is 0 Å². The summed E-state index contributed by atoms with van der Waals surface area (Å²) in [6, 6.07) is 1.26. The van der Waals surface area contributed by atoms with Crippen LogP contribution in [-0.4, -0.2) is 26.2 Å². The van der Waals surface area contributed by atoms with Crippen molar-refractivity contribution in [1.29, 1.82) is 0 Å². The van der Waals surface area contributed by atoms with Crippen LogP contribution in [0.15, 0.2) is 10.3 Å². The maximum atomic E-state index is 10.7. The normalized spacial score (nSPS) is 15.8. The number of hydrogen-bond donors (Lipinski definition) is 1. The van der Waals surface area contributed by atoms with Crippen LogP contribution in [0.2, 0.25) is 0 Å². The first-order valence-electron chi connectivity index (χ1n) is 3.44. The van der Waals surface area contributed by atoms with Gasteiger partial charge in [0.2, 0.25) is 5.06 Å². The van der Waals surface area contributed by atoms with Crippen molar-refractivity contribution < 1.29 is 22.4 Å². The Balaban J connectivity index is 2.47. The molecule has 0 spiro atoms. The minimum Gasteiger partial charge on any atom is -0.485 e. The van der Waals surface area contributed by atoms with Crippen LogP contribution >= 0.6 is 11.3 Å². The number of fused-ring (bicyclic) bond motifs is 1. The summed E-state index contributed by atoms with van der Waals surface area (Å²) in [6.45, 7) is 0.799. The molecule has 1 aliphatic heterocycles. The van der Waals surface area contributed by atoms with Crippen molar-refractivity contribution in [2.24, 2.45) is 0 Å². The predicted molar refractivity (Wildman–Crippen MR) is 45.1 cm³/mol. The number of thiophene rings is 1. The second kappa shape index (κ2) is 2.86. The van der Waals surface area contributed by atoms with E-state index >= 15 is 0 Å². The van der Waals surface area contributed by atoms with Gasteiger partial charge in [0.05, 0.1) is 0 Å². The van der Waals surface area contributed by atoms with Gasteiger partial charge in [0, 0.05) is 6.07 Å². The molecule has 1 aliphatic rings. The third-order valence-electron chi connectivity index (χ3n) is 1.47. The molecule has 13 heavy (non-hydrogen) atoms. The van der Waals surface area contributed by atoms with E-state index in [1.54, 1.807) is 0 Å². The Morgan fingerprint density at radius 2 is 2.08 bits per heavy atom. The molecule has 0 atom stereocenters. The molecule has 0 radical (unpaired) electrons. The van der Waals surface area contributed by atoms with Gasteiger partial charge in [-0.1, -0.05) is 11.3 Å². The van der Waals surface area contributed by atoms with Crippen LogP contribution in [0.1, 0.15) is 0 Å². The summed E-state index contributed by atoms with van der Waals surface area (Å²) in [5.74, 6) is 0.379. The molecule has 5 nitrogen and oxygen atoms in total. The molecular weight excluding hydrogens is 216 g/mol. The minimum absolute atomic E-state index is 0.153. The van der Waals surface area contributed by atoms with Crippen LogP contribution in [0.4, 0.5) is 0 Å². The Morgan fingerprint density at radius 1 is 1.38 bits per heavy atom. The molecule has 1 N–H and O–H groups in total. The van der Waals surface area contributed by atoms with Gasteiger partial charge in [0.15, 0.2) is 9.96 Å². The first-order chi connectivity index (χ1) is 6.07.